The first-order valence-corrected chi connectivity index (χ1v) is 12.0. The quantitative estimate of drug-likeness (QED) is 0.724. The second-order valence-corrected chi connectivity index (χ2v) is 10.5. The molecule has 1 aromatic carbocycles. The molecule has 2 fully saturated rings. The highest BCUT2D eigenvalue weighted by Gasteiger charge is 2.39. The highest BCUT2D eigenvalue weighted by Crippen LogP contribution is 2.36. The number of carbonyl (C=O) groups excluding carboxylic acids is 1. The molecule has 0 spiro atoms. The van der Waals surface area contributed by atoms with E-state index in [9.17, 15) is 21.6 Å². The Morgan fingerprint density at radius 1 is 1.26 bits per heavy atom. The lowest BCUT2D eigenvalue weighted by molar-refractivity contribution is -0.116. The van der Waals surface area contributed by atoms with Gasteiger partial charge < -0.3 is 4.74 Å². The minimum absolute atomic E-state index is 0.0296. The van der Waals surface area contributed by atoms with E-state index < -0.39 is 26.0 Å². The zero-order valence-electron chi connectivity index (χ0n) is 15.4. The number of piperidine rings is 1. The van der Waals surface area contributed by atoms with Crippen molar-refractivity contribution in [3.05, 3.63) is 18.2 Å². The zero-order chi connectivity index (χ0) is 19.8. The number of benzene rings is 1. The van der Waals surface area contributed by atoms with Gasteiger partial charge in [0.15, 0.2) is 0 Å². The second kappa shape index (κ2) is 7.40. The summed E-state index contributed by atoms with van der Waals surface area (Å²) >= 11 is 0. The average molecular weight is 417 g/mol. The van der Waals surface area contributed by atoms with Gasteiger partial charge in [0.2, 0.25) is 26.0 Å². The van der Waals surface area contributed by atoms with Crippen LogP contribution in [0.2, 0.25) is 0 Å². The van der Waals surface area contributed by atoms with Gasteiger partial charge in [0.1, 0.15) is 10.6 Å². The molecule has 2 aliphatic rings. The molecule has 2 heterocycles. The van der Waals surface area contributed by atoms with Gasteiger partial charge in [-0.1, -0.05) is 13.3 Å². The van der Waals surface area contributed by atoms with Gasteiger partial charge in [-0.2, -0.15) is 4.31 Å². The van der Waals surface area contributed by atoms with Crippen LogP contribution >= 0.6 is 0 Å². The van der Waals surface area contributed by atoms with Crippen LogP contribution in [0.25, 0.3) is 0 Å². The summed E-state index contributed by atoms with van der Waals surface area (Å²) in [6.45, 7) is 2.36. The number of methoxy groups -OCH3 is 1. The summed E-state index contributed by atoms with van der Waals surface area (Å²) in [4.78, 5) is 11.9. The lowest BCUT2D eigenvalue weighted by atomic mass is 10.0. The summed E-state index contributed by atoms with van der Waals surface area (Å²) in [5, 5.41) is 0. The van der Waals surface area contributed by atoms with Crippen molar-refractivity contribution in [2.45, 2.75) is 50.0 Å². The van der Waals surface area contributed by atoms with Crippen molar-refractivity contribution in [1.82, 2.24) is 4.31 Å². The summed E-state index contributed by atoms with van der Waals surface area (Å²) in [5.74, 6) is -0.708. The molecular weight excluding hydrogens is 392 g/mol. The van der Waals surface area contributed by atoms with Gasteiger partial charge in [-0.3, -0.25) is 4.79 Å². The topological polar surface area (TPSA) is 101 Å². The van der Waals surface area contributed by atoms with Crippen molar-refractivity contribution >= 4 is 31.6 Å². The van der Waals surface area contributed by atoms with Crippen molar-refractivity contribution in [3.8, 4) is 5.75 Å². The van der Waals surface area contributed by atoms with Gasteiger partial charge >= 0.3 is 0 Å². The second-order valence-electron chi connectivity index (χ2n) is 6.73. The molecule has 0 aromatic heterocycles. The van der Waals surface area contributed by atoms with Crippen molar-refractivity contribution in [2.24, 2.45) is 0 Å². The van der Waals surface area contributed by atoms with Gasteiger partial charge in [-0.05, 0) is 37.5 Å². The van der Waals surface area contributed by atoms with Gasteiger partial charge in [0.05, 0.1) is 18.6 Å². The molecule has 0 N–H and O–H groups in total. The molecule has 0 aliphatic carbocycles. The number of sulfonamides is 2. The number of hydrogen-bond acceptors (Lipinski definition) is 6. The third kappa shape index (κ3) is 3.57. The molecule has 10 heteroatoms. The Morgan fingerprint density at radius 3 is 2.59 bits per heavy atom. The Bertz CT molecular complexity index is 942. The maximum atomic E-state index is 13.3. The van der Waals surface area contributed by atoms with Crippen LogP contribution in [0.1, 0.15) is 39.0 Å². The van der Waals surface area contributed by atoms with Crippen molar-refractivity contribution in [1.29, 1.82) is 0 Å². The minimum atomic E-state index is -3.90. The van der Waals surface area contributed by atoms with Crippen molar-refractivity contribution in [2.75, 3.05) is 23.7 Å². The zero-order valence-corrected chi connectivity index (χ0v) is 17.1. The summed E-state index contributed by atoms with van der Waals surface area (Å²) < 4.78 is 58.5. The maximum absolute atomic E-state index is 13.3. The van der Waals surface area contributed by atoms with E-state index in [4.69, 9.17) is 4.74 Å². The lowest BCUT2D eigenvalue weighted by Gasteiger charge is -2.34. The van der Waals surface area contributed by atoms with Crippen molar-refractivity contribution in [3.63, 3.8) is 0 Å². The Labute approximate surface area is 160 Å². The molecule has 0 radical (unpaired) electrons. The molecule has 1 atom stereocenters. The normalized spacial score (nSPS) is 23.6. The number of carbonyl (C=O) groups is 1. The largest absolute Gasteiger partial charge is 0.495 e. The maximum Gasteiger partial charge on any atom is 0.247 e. The standard InChI is InChI=1S/C17H24N2O6S2/c1-3-13-6-4-5-10-18(13)27(23,24)16-12-14(7-8-15(16)25-2)19-17(20)9-11-26(19,21)22/h7-8,12-13H,3-6,9-11H2,1-2H3. The first-order chi connectivity index (χ1) is 12.7. The van der Waals surface area contributed by atoms with Gasteiger partial charge in [-0.15, -0.1) is 0 Å². The Balaban J connectivity index is 2.10. The predicted molar refractivity (Wildman–Crippen MR) is 101 cm³/mol. The van der Waals surface area contributed by atoms with Gasteiger partial charge in [-0.25, -0.2) is 21.1 Å². The molecule has 2 saturated heterocycles. The number of rotatable bonds is 5. The third-order valence-electron chi connectivity index (χ3n) is 5.09. The first-order valence-electron chi connectivity index (χ1n) is 8.98. The number of hydrogen-bond donors (Lipinski definition) is 0. The van der Waals surface area contributed by atoms with E-state index in [1.54, 1.807) is 0 Å². The smallest absolute Gasteiger partial charge is 0.247 e. The van der Waals surface area contributed by atoms with Crippen LogP contribution in [0.4, 0.5) is 5.69 Å². The van der Waals surface area contributed by atoms with E-state index in [1.807, 2.05) is 6.92 Å². The number of ether oxygens (including phenoxy) is 1. The van der Waals surface area contributed by atoms with Crippen LogP contribution in [0.5, 0.6) is 5.75 Å². The van der Waals surface area contributed by atoms with Crippen LogP contribution in [0.3, 0.4) is 0 Å². The van der Waals surface area contributed by atoms with E-state index in [0.717, 1.165) is 19.3 Å². The van der Waals surface area contributed by atoms with Gasteiger partial charge in [0, 0.05) is 19.0 Å². The van der Waals surface area contributed by atoms with Crippen LogP contribution in [-0.2, 0) is 24.8 Å². The van der Waals surface area contributed by atoms with Gasteiger partial charge in [0.25, 0.3) is 0 Å². The van der Waals surface area contributed by atoms with Crippen LogP contribution < -0.4 is 9.04 Å². The molecule has 0 bridgehead atoms. The number of nitrogens with zero attached hydrogens (tertiary/aromatic N) is 2. The predicted octanol–water partition coefficient (Wildman–Crippen LogP) is 1.71. The fraction of sp³-hybridized carbons (Fsp3) is 0.588. The van der Waals surface area contributed by atoms with E-state index in [0.29, 0.717) is 17.3 Å². The summed E-state index contributed by atoms with van der Waals surface area (Å²) in [6, 6.07) is 3.92. The fourth-order valence-electron chi connectivity index (χ4n) is 3.69. The van der Waals surface area contributed by atoms with E-state index >= 15 is 0 Å². The molecule has 3 rings (SSSR count). The molecule has 8 nitrogen and oxygen atoms in total. The Hall–Kier alpha value is -1.65. The van der Waals surface area contributed by atoms with Crippen LogP contribution in [-0.4, -0.2) is 52.5 Å². The summed E-state index contributed by atoms with van der Waals surface area (Å²) in [6.07, 6.45) is 3.12. The van der Waals surface area contributed by atoms with Crippen molar-refractivity contribution < 1.29 is 26.4 Å². The number of amides is 1. The molecule has 0 saturated carbocycles. The minimum Gasteiger partial charge on any atom is -0.495 e. The average Bonchev–Trinajstić information content (AvgIpc) is 2.93. The van der Waals surface area contributed by atoms with E-state index in [2.05, 4.69) is 0 Å². The molecule has 2 aliphatic heterocycles. The molecule has 1 unspecified atom stereocenters. The van der Waals surface area contributed by atoms with Crippen LogP contribution in [0, 0.1) is 0 Å². The van der Waals surface area contributed by atoms with Crippen LogP contribution in [0.15, 0.2) is 23.1 Å². The highest BCUT2D eigenvalue weighted by molar-refractivity contribution is 7.94. The molecule has 27 heavy (non-hydrogen) atoms. The lowest BCUT2D eigenvalue weighted by Crippen LogP contribution is -2.43. The monoisotopic (exact) mass is 416 g/mol. The highest BCUT2D eigenvalue weighted by atomic mass is 32.2. The Kier molecular flexibility index (Phi) is 5.51. The molecule has 1 aromatic rings. The number of anilines is 1. The molecule has 1 amide bonds. The summed E-state index contributed by atoms with van der Waals surface area (Å²) in [7, 11) is -6.31. The molecular formula is C17H24N2O6S2. The fourth-order valence-corrected chi connectivity index (χ4v) is 7.08. The van der Waals surface area contributed by atoms with E-state index in [-0.39, 0.29) is 34.5 Å². The SMILES string of the molecule is CCC1CCCCN1S(=O)(=O)c1cc(N2C(=O)CCS2(=O)=O)ccc1OC. The molecule has 150 valence electrons. The first kappa shape index (κ1) is 20.1. The third-order valence-corrected chi connectivity index (χ3v) is 8.76. The van der Waals surface area contributed by atoms with E-state index in [1.165, 1.54) is 29.6 Å². The Morgan fingerprint density at radius 2 is 2.00 bits per heavy atom. The summed E-state index contributed by atoms with van der Waals surface area (Å²) in [5.41, 5.74) is 0.0296.